The molecule has 2 aromatic carbocycles. The third-order valence-electron chi connectivity index (χ3n) is 3.89. The van der Waals surface area contributed by atoms with Gasteiger partial charge in [0.2, 0.25) is 0 Å². The Hall–Kier alpha value is -3.54. The molecule has 1 aromatic heterocycles. The van der Waals surface area contributed by atoms with Crippen molar-refractivity contribution in [3.05, 3.63) is 78.3 Å². The maximum atomic E-state index is 12.8. The zero-order chi connectivity index (χ0) is 18.5. The second-order valence-electron chi connectivity index (χ2n) is 5.55. The summed E-state index contributed by atoms with van der Waals surface area (Å²) in [4.78, 5) is 26.5. The van der Waals surface area contributed by atoms with E-state index in [4.69, 9.17) is 9.15 Å². The van der Waals surface area contributed by atoms with Crippen LogP contribution in [0.15, 0.2) is 71.3 Å². The maximum absolute atomic E-state index is 12.8. The molecule has 3 aromatic rings. The van der Waals surface area contributed by atoms with Crippen molar-refractivity contribution in [3.8, 4) is 5.75 Å². The van der Waals surface area contributed by atoms with Crippen molar-refractivity contribution in [2.24, 2.45) is 0 Å². The second kappa shape index (κ2) is 7.57. The van der Waals surface area contributed by atoms with E-state index in [0.29, 0.717) is 17.0 Å². The number of amides is 2. The van der Waals surface area contributed by atoms with Gasteiger partial charge in [0.1, 0.15) is 5.75 Å². The van der Waals surface area contributed by atoms with Crippen LogP contribution in [0.25, 0.3) is 0 Å². The SMILES string of the molecule is COc1ccc(C(=O)N(C)c2ccccc2)cc1NC(=O)c1ccco1. The molecule has 0 saturated carbocycles. The summed E-state index contributed by atoms with van der Waals surface area (Å²) in [6.45, 7) is 0. The lowest BCUT2D eigenvalue weighted by atomic mass is 10.1. The number of hydrogen-bond donors (Lipinski definition) is 1. The third-order valence-corrected chi connectivity index (χ3v) is 3.89. The Labute approximate surface area is 151 Å². The summed E-state index contributed by atoms with van der Waals surface area (Å²) in [5.41, 5.74) is 1.59. The first-order chi connectivity index (χ1) is 12.6. The first kappa shape index (κ1) is 17.3. The van der Waals surface area contributed by atoms with Crippen molar-refractivity contribution < 1.29 is 18.7 Å². The molecule has 6 heteroatoms. The van der Waals surface area contributed by atoms with Crippen molar-refractivity contribution in [2.75, 3.05) is 24.4 Å². The lowest BCUT2D eigenvalue weighted by Gasteiger charge is -2.18. The summed E-state index contributed by atoms with van der Waals surface area (Å²) < 4.78 is 10.4. The van der Waals surface area contributed by atoms with Crippen LogP contribution in [0.2, 0.25) is 0 Å². The predicted molar refractivity (Wildman–Crippen MR) is 98.8 cm³/mol. The monoisotopic (exact) mass is 350 g/mol. The van der Waals surface area contributed by atoms with E-state index in [2.05, 4.69) is 5.32 Å². The Morgan fingerprint density at radius 2 is 1.81 bits per heavy atom. The van der Waals surface area contributed by atoms with Crippen LogP contribution in [0.5, 0.6) is 5.75 Å². The Morgan fingerprint density at radius 3 is 2.46 bits per heavy atom. The minimum absolute atomic E-state index is 0.171. The summed E-state index contributed by atoms with van der Waals surface area (Å²) in [7, 11) is 3.19. The molecule has 0 unspecified atom stereocenters. The van der Waals surface area contributed by atoms with Crippen LogP contribution in [0.3, 0.4) is 0 Å². The average molecular weight is 350 g/mol. The van der Waals surface area contributed by atoms with Gasteiger partial charge in [-0.1, -0.05) is 18.2 Å². The second-order valence-corrected chi connectivity index (χ2v) is 5.55. The fourth-order valence-electron chi connectivity index (χ4n) is 2.49. The first-order valence-corrected chi connectivity index (χ1v) is 7.96. The highest BCUT2D eigenvalue weighted by Crippen LogP contribution is 2.27. The largest absolute Gasteiger partial charge is 0.495 e. The number of carbonyl (C=O) groups excluding carboxylic acids is 2. The summed E-state index contributed by atoms with van der Waals surface area (Å²) in [5, 5.41) is 2.71. The van der Waals surface area contributed by atoms with Gasteiger partial charge in [-0.05, 0) is 42.5 Å². The van der Waals surface area contributed by atoms with Crippen LogP contribution in [0, 0.1) is 0 Å². The van der Waals surface area contributed by atoms with Gasteiger partial charge in [0.25, 0.3) is 11.8 Å². The van der Waals surface area contributed by atoms with E-state index in [9.17, 15) is 9.59 Å². The number of furan rings is 1. The highest BCUT2D eigenvalue weighted by Gasteiger charge is 2.17. The summed E-state index contributed by atoms with van der Waals surface area (Å²) in [6.07, 6.45) is 1.42. The van der Waals surface area contributed by atoms with Gasteiger partial charge in [-0.2, -0.15) is 0 Å². The molecule has 0 aliphatic heterocycles. The highest BCUT2D eigenvalue weighted by molar-refractivity contribution is 6.08. The van der Waals surface area contributed by atoms with Gasteiger partial charge < -0.3 is 19.4 Å². The number of nitrogens with one attached hydrogen (secondary N) is 1. The number of anilines is 2. The smallest absolute Gasteiger partial charge is 0.291 e. The number of nitrogens with zero attached hydrogens (tertiary/aromatic N) is 1. The summed E-state index contributed by atoms with van der Waals surface area (Å²) in [6, 6.07) is 17.4. The van der Waals surface area contributed by atoms with Crippen molar-refractivity contribution in [2.45, 2.75) is 0 Å². The number of hydrogen-bond acceptors (Lipinski definition) is 4. The molecular weight excluding hydrogens is 332 g/mol. The Kier molecular flexibility index (Phi) is 5.03. The van der Waals surface area contributed by atoms with E-state index in [-0.39, 0.29) is 11.7 Å². The van der Waals surface area contributed by atoms with Gasteiger partial charge in [0.15, 0.2) is 5.76 Å². The number of ether oxygens (including phenoxy) is 1. The van der Waals surface area contributed by atoms with Crippen molar-refractivity contribution in [3.63, 3.8) is 0 Å². The molecule has 26 heavy (non-hydrogen) atoms. The topological polar surface area (TPSA) is 71.8 Å². The lowest BCUT2D eigenvalue weighted by Crippen LogP contribution is -2.26. The zero-order valence-electron chi connectivity index (χ0n) is 14.4. The first-order valence-electron chi connectivity index (χ1n) is 7.96. The highest BCUT2D eigenvalue weighted by atomic mass is 16.5. The van der Waals surface area contributed by atoms with E-state index in [1.165, 1.54) is 13.4 Å². The molecule has 0 aliphatic carbocycles. The molecule has 0 aliphatic rings. The minimum Gasteiger partial charge on any atom is -0.495 e. The van der Waals surface area contributed by atoms with Crippen molar-refractivity contribution in [1.82, 2.24) is 0 Å². The predicted octanol–water partition coefficient (Wildman–Crippen LogP) is 3.82. The normalized spacial score (nSPS) is 10.2. The molecular formula is C20H18N2O4. The molecule has 0 bridgehead atoms. The Balaban J connectivity index is 1.87. The van der Waals surface area contributed by atoms with E-state index in [1.54, 1.807) is 42.3 Å². The maximum Gasteiger partial charge on any atom is 0.291 e. The quantitative estimate of drug-likeness (QED) is 0.759. The molecule has 1 heterocycles. The number of benzene rings is 2. The van der Waals surface area contributed by atoms with Crippen LogP contribution in [-0.4, -0.2) is 26.0 Å². The summed E-state index contributed by atoms with van der Waals surface area (Å²) >= 11 is 0. The fourth-order valence-corrected chi connectivity index (χ4v) is 2.49. The molecule has 0 saturated heterocycles. The number of carbonyl (C=O) groups is 2. The van der Waals surface area contributed by atoms with E-state index in [0.717, 1.165) is 5.69 Å². The van der Waals surface area contributed by atoms with Crippen LogP contribution in [0.4, 0.5) is 11.4 Å². The van der Waals surface area contributed by atoms with Crippen LogP contribution >= 0.6 is 0 Å². The number of rotatable bonds is 5. The molecule has 3 rings (SSSR count). The molecule has 6 nitrogen and oxygen atoms in total. The molecule has 2 amide bonds. The Morgan fingerprint density at radius 1 is 1.04 bits per heavy atom. The van der Waals surface area contributed by atoms with Crippen LogP contribution < -0.4 is 15.0 Å². The Bertz CT molecular complexity index is 905. The standard InChI is InChI=1S/C20H18N2O4/c1-22(15-7-4-3-5-8-15)20(24)14-10-11-17(25-2)16(13-14)21-19(23)18-9-6-12-26-18/h3-13H,1-2H3,(H,21,23). The van der Waals surface area contributed by atoms with Gasteiger partial charge in [0.05, 0.1) is 19.1 Å². The number of methoxy groups -OCH3 is 1. The molecule has 1 N–H and O–H groups in total. The van der Waals surface area contributed by atoms with E-state index < -0.39 is 5.91 Å². The minimum atomic E-state index is -0.422. The van der Waals surface area contributed by atoms with Gasteiger partial charge in [-0.15, -0.1) is 0 Å². The fraction of sp³-hybridized carbons (Fsp3) is 0.100. The lowest BCUT2D eigenvalue weighted by molar-refractivity contribution is 0.0984. The molecule has 132 valence electrons. The van der Waals surface area contributed by atoms with Gasteiger partial charge in [-0.25, -0.2) is 0 Å². The van der Waals surface area contributed by atoms with E-state index in [1.807, 2.05) is 30.3 Å². The molecule has 0 fully saturated rings. The zero-order valence-corrected chi connectivity index (χ0v) is 14.4. The summed E-state index contributed by atoms with van der Waals surface area (Å²) in [5.74, 6) is -0.00401. The van der Waals surface area contributed by atoms with E-state index >= 15 is 0 Å². The van der Waals surface area contributed by atoms with Gasteiger partial charge >= 0.3 is 0 Å². The van der Waals surface area contributed by atoms with Crippen LogP contribution in [-0.2, 0) is 0 Å². The molecule has 0 spiro atoms. The van der Waals surface area contributed by atoms with Gasteiger partial charge in [0, 0.05) is 18.3 Å². The van der Waals surface area contributed by atoms with Crippen molar-refractivity contribution >= 4 is 23.2 Å². The average Bonchev–Trinajstić information content (AvgIpc) is 3.22. The van der Waals surface area contributed by atoms with Crippen LogP contribution in [0.1, 0.15) is 20.9 Å². The third kappa shape index (κ3) is 3.59. The molecule has 0 radical (unpaired) electrons. The molecule has 0 atom stereocenters. The van der Waals surface area contributed by atoms with Crippen molar-refractivity contribution in [1.29, 1.82) is 0 Å². The van der Waals surface area contributed by atoms with Gasteiger partial charge in [-0.3, -0.25) is 9.59 Å². The number of para-hydroxylation sites is 1.